The molecule has 5 atom stereocenters. The Bertz CT molecular complexity index is 1260. The van der Waals surface area contributed by atoms with E-state index in [2.05, 4.69) is 15.6 Å². The number of rotatable bonds is 7. The number of fused-ring (bicyclic) bond motifs is 2. The first-order chi connectivity index (χ1) is 17.1. The molecular weight excluding hydrogens is 496 g/mol. The Balaban J connectivity index is 1.40. The molecular formula is C26H31ClN4O4Si. The van der Waals surface area contributed by atoms with Crippen molar-refractivity contribution >= 4 is 31.5 Å². The van der Waals surface area contributed by atoms with Crippen molar-refractivity contribution in [2.24, 2.45) is 5.92 Å². The third-order valence-electron chi connectivity index (χ3n) is 7.64. The van der Waals surface area contributed by atoms with Gasteiger partial charge < -0.3 is 20.0 Å². The van der Waals surface area contributed by atoms with E-state index in [-0.39, 0.29) is 36.0 Å². The zero-order valence-electron chi connectivity index (χ0n) is 20.6. The van der Waals surface area contributed by atoms with Gasteiger partial charge in [-0.1, -0.05) is 54.1 Å². The number of nitrogens with zero attached hydrogens (tertiary/aromatic N) is 3. The number of ether oxygens (including phenoxy) is 1. The monoisotopic (exact) mass is 526 g/mol. The van der Waals surface area contributed by atoms with Crippen LogP contribution < -0.4 is 5.32 Å². The Morgan fingerprint density at radius 1 is 1.25 bits per heavy atom. The van der Waals surface area contributed by atoms with Crippen LogP contribution in [0.2, 0.25) is 23.7 Å². The van der Waals surface area contributed by atoms with Gasteiger partial charge in [0.15, 0.2) is 13.9 Å². The van der Waals surface area contributed by atoms with Crippen molar-refractivity contribution in [2.45, 2.75) is 56.1 Å². The van der Waals surface area contributed by atoms with Crippen LogP contribution >= 0.6 is 11.6 Å². The number of anilines is 1. The molecule has 0 bridgehead atoms. The molecule has 1 fully saturated rings. The Hall–Kier alpha value is -2.56. The Morgan fingerprint density at radius 2 is 2.00 bits per heavy atom. The Labute approximate surface area is 216 Å². The summed E-state index contributed by atoms with van der Waals surface area (Å²) in [6.07, 6.45) is 2.04. The fourth-order valence-electron chi connectivity index (χ4n) is 6.04. The topological polar surface area (TPSA) is 110 Å². The van der Waals surface area contributed by atoms with Gasteiger partial charge in [-0.05, 0) is 43.3 Å². The summed E-state index contributed by atoms with van der Waals surface area (Å²) < 4.78 is 8.36. The number of aliphatic hydroxyl groups is 1. The first-order valence-corrected chi connectivity index (χ1v) is 15.6. The second-order valence-corrected chi connectivity index (χ2v) is 14.8. The van der Waals surface area contributed by atoms with E-state index in [1.54, 1.807) is 22.9 Å². The highest BCUT2D eigenvalue weighted by atomic mass is 35.5. The standard InChI is InChI=1S/C26H31ClN4O4Si/c1-16-24(36(2,3)34)23(35-26(16)20-13-18(27)9-10-21(20)28-25(26)33)11-12-31-14-22(29-30-31)19(15-32)17-7-5-4-6-8-17/h4-10,13-14,16,19,23-24,32,34H,11-12,15H2,1-3H3,(H,28,33)/t16-,19?,23+,24-,26+/m0/s1. The van der Waals surface area contributed by atoms with E-state index < -0.39 is 13.9 Å². The van der Waals surface area contributed by atoms with Gasteiger partial charge in [0.25, 0.3) is 5.91 Å². The normalized spacial score (nSPS) is 26.3. The SMILES string of the molecule is C[C@H]1[C@H]([Si](C)(C)O)[C@@H](CCn2cc(C(CO)c3ccccc3)nn2)O[C@]12C(=O)Nc1ccc(Cl)cc12. The van der Waals surface area contributed by atoms with Gasteiger partial charge in [0.1, 0.15) is 0 Å². The summed E-state index contributed by atoms with van der Waals surface area (Å²) in [6, 6.07) is 15.1. The number of aliphatic hydroxyl groups excluding tert-OH is 1. The molecule has 10 heteroatoms. The van der Waals surface area contributed by atoms with Crippen LogP contribution in [0, 0.1) is 5.92 Å². The van der Waals surface area contributed by atoms with Gasteiger partial charge >= 0.3 is 0 Å². The lowest BCUT2D eigenvalue weighted by atomic mass is 9.82. The van der Waals surface area contributed by atoms with Crippen molar-refractivity contribution in [1.29, 1.82) is 0 Å². The molecule has 1 saturated heterocycles. The maximum absolute atomic E-state index is 13.3. The smallest absolute Gasteiger partial charge is 0.261 e. The molecule has 0 aliphatic carbocycles. The van der Waals surface area contributed by atoms with Crippen molar-refractivity contribution in [1.82, 2.24) is 15.0 Å². The van der Waals surface area contributed by atoms with Gasteiger partial charge in [-0.3, -0.25) is 9.48 Å². The zero-order valence-corrected chi connectivity index (χ0v) is 22.3. The number of nitrogens with one attached hydrogen (secondary N) is 1. The third-order valence-corrected chi connectivity index (χ3v) is 10.4. The minimum absolute atomic E-state index is 0.0715. The second-order valence-electron chi connectivity index (χ2n) is 10.3. The Morgan fingerprint density at radius 3 is 2.69 bits per heavy atom. The molecule has 1 unspecified atom stereocenters. The lowest BCUT2D eigenvalue weighted by Crippen LogP contribution is -2.43. The second kappa shape index (κ2) is 9.39. The van der Waals surface area contributed by atoms with E-state index in [1.807, 2.05) is 56.5 Å². The lowest BCUT2D eigenvalue weighted by molar-refractivity contribution is -0.143. The molecule has 5 rings (SSSR count). The molecule has 1 aromatic heterocycles. The summed E-state index contributed by atoms with van der Waals surface area (Å²) in [5.74, 6) is -0.710. The van der Waals surface area contributed by atoms with E-state index in [0.717, 1.165) is 11.1 Å². The minimum atomic E-state index is -2.73. The number of benzene rings is 2. The van der Waals surface area contributed by atoms with E-state index in [0.29, 0.717) is 29.4 Å². The quantitative estimate of drug-likeness (QED) is 0.403. The summed E-state index contributed by atoms with van der Waals surface area (Å²) in [4.78, 5) is 24.6. The predicted octanol–water partition coefficient (Wildman–Crippen LogP) is 3.90. The molecule has 3 N–H and O–H groups in total. The molecule has 2 aromatic carbocycles. The molecule has 0 radical (unpaired) electrons. The molecule has 2 aliphatic heterocycles. The lowest BCUT2D eigenvalue weighted by Gasteiger charge is -2.32. The molecule has 3 heterocycles. The van der Waals surface area contributed by atoms with Crippen molar-refractivity contribution < 1.29 is 19.4 Å². The largest absolute Gasteiger partial charge is 0.432 e. The summed E-state index contributed by atoms with van der Waals surface area (Å²) in [5, 5.41) is 22.0. The van der Waals surface area contributed by atoms with Gasteiger partial charge in [-0.25, -0.2) is 0 Å². The molecule has 36 heavy (non-hydrogen) atoms. The number of aryl methyl sites for hydroxylation is 1. The summed E-state index contributed by atoms with van der Waals surface area (Å²) in [7, 11) is -2.73. The highest BCUT2D eigenvalue weighted by molar-refractivity contribution is 6.71. The third kappa shape index (κ3) is 4.18. The van der Waals surface area contributed by atoms with E-state index in [1.165, 1.54) is 0 Å². The average Bonchev–Trinajstić information content (AvgIpc) is 3.50. The number of halogens is 1. The maximum atomic E-state index is 13.3. The van der Waals surface area contributed by atoms with Crippen LogP contribution in [0.3, 0.4) is 0 Å². The first-order valence-electron chi connectivity index (χ1n) is 12.2. The van der Waals surface area contributed by atoms with Crippen LogP contribution in [0.25, 0.3) is 0 Å². The number of hydrogen-bond donors (Lipinski definition) is 3. The van der Waals surface area contributed by atoms with Crippen molar-refractivity contribution in [3.63, 3.8) is 0 Å². The van der Waals surface area contributed by atoms with Crippen LogP contribution in [0.5, 0.6) is 0 Å². The van der Waals surface area contributed by atoms with Crippen LogP contribution in [-0.4, -0.2) is 51.8 Å². The van der Waals surface area contributed by atoms with Crippen LogP contribution in [0.15, 0.2) is 54.7 Å². The van der Waals surface area contributed by atoms with E-state index in [9.17, 15) is 14.7 Å². The van der Waals surface area contributed by atoms with Gasteiger partial charge in [-0.2, -0.15) is 0 Å². The van der Waals surface area contributed by atoms with Crippen LogP contribution in [0.1, 0.15) is 36.1 Å². The van der Waals surface area contributed by atoms with Crippen molar-refractivity contribution in [3.8, 4) is 0 Å². The summed E-state index contributed by atoms with van der Waals surface area (Å²) in [6.45, 7) is 6.21. The van der Waals surface area contributed by atoms with Gasteiger partial charge in [0.2, 0.25) is 0 Å². The molecule has 0 saturated carbocycles. The van der Waals surface area contributed by atoms with E-state index in [4.69, 9.17) is 16.3 Å². The molecule has 1 spiro atoms. The number of amides is 1. The number of carbonyl (C=O) groups is 1. The highest BCUT2D eigenvalue weighted by Gasteiger charge is 2.64. The molecule has 3 aromatic rings. The fourth-order valence-corrected chi connectivity index (χ4v) is 8.81. The van der Waals surface area contributed by atoms with Gasteiger partial charge in [0.05, 0.1) is 24.3 Å². The fraction of sp³-hybridized carbons (Fsp3) is 0.423. The highest BCUT2D eigenvalue weighted by Crippen LogP contribution is 2.58. The summed E-state index contributed by atoms with van der Waals surface area (Å²) in [5.41, 5.74) is 1.73. The van der Waals surface area contributed by atoms with Crippen LogP contribution in [-0.2, 0) is 21.7 Å². The number of aromatic nitrogens is 3. The summed E-state index contributed by atoms with van der Waals surface area (Å²) >= 11 is 6.30. The van der Waals surface area contributed by atoms with Crippen molar-refractivity contribution in [2.75, 3.05) is 11.9 Å². The first kappa shape index (κ1) is 25.1. The van der Waals surface area contributed by atoms with Gasteiger partial charge in [-0.15, -0.1) is 5.10 Å². The minimum Gasteiger partial charge on any atom is -0.432 e. The zero-order chi connectivity index (χ0) is 25.7. The van der Waals surface area contributed by atoms with Crippen molar-refractivity contribution in [3.05, 3.63) is 76.6 Å². The predicted molar refractivity (Wildman–Crippen MR) is 139 cm³/mol. The number of carbonyl (C=O) groups excluding carboxylic acids is 1. The van der Waals surface area contributed by atoms with E-state index >= 15 is 0 Å². The molecule has 8 nitrogen and oxygen atoms in total. The molecule has 190 valence electrons. The number of hydrogen-bond acceptors (Lipinski definition) is 6. The average molecular weight is 527 g/mol. The van der Waals surface area contributed by atoms with Crippen LogP contribution in [0.4, 0.5) is 5.69 Å². The molecule has 2 aliphatic rings. The van der Waals surface area contributed by atoms with Gasteiger partial charge in [0, 0.05) is 40.5 Å². The Kier molecular flexibility index (Phi) is 6.55. The molecule has 1 amide bonds. The maximum Gasteiger partial charge on any atom is 0.261 e.